The van der Waals surface area contributed by atoms with E-state index in [4.69, 9.17) is 16.3 Å². The highest BCUT2D eigenvalue weighted by Crippen LogP contribution is 2.31. The van der Waals surface area contributed by atoms with Crippen LogP contribution in [-0.2, 0) is 13.1 Å². The molecule has 0 saturated carbocycles. The summed E-state index contributed by atoms with van der Waals surface area (Å²) in [6, 6.07) is 10.1. The Morgan fingerprint density at radius 3 is 2.56 bits per heavy atom. The lowest BCUT2D eigenvalue weighted by atomic mass is 10.2. The van der Waals surface area contributed by atoms with Gasteiger partial charge in [0.1, 0.15) is 10.1 Å². The minimum Gasteiger partial charge on any atom is -0.497 e. The number of nitrogens with one attached hydrogen (secondary N) is 1. The Labute approximate surface area is 124 Å². The molecular weight excluding hydrogens is 334 g/mol. The van der Waals surface area contributed by atoms with Crippen LogP contribution in [0.4, 0.5) is 0 Å². The zero-order valence-electron chi connectivity index (χ0n) is 9.87. The molecule has 2 rings (SSSR count). The Balaban J connectivity index is 1.84. The number of ether oxygens (including phenoxy) is 1. The minimum absolute atomic E-state index is 0.802. The van der Waals surface area contributed by atoms with Gasteiger partial charge in [-0.25, -0.2) is 0 Å². The van der Waals surface area contributed by atoms with Crippen LogP contribution >= 0.6 is 38.9 Å². The van der Waals surface area contributed by atoms with Crippen molar-refractivity contribution in [2.24, 2.45) is 0 Å². The lowest BCUT2D eigenvalue weighted by Gasteiger charge is -2.04. The van der Waals surface area contributed by atoms with Crippen molar-refractivity contribution < 1.29 is 4.74 Å². The molecule has 1 N–H and O–H groups in total. The molecule has 0 atom stereocenters. The van der Waals surface area contributed by atoms with Crippen molar-refractivity contribution in [1.29, 1.82) is 0 Å². The molecule has 2 nitrogen and oxygen atoms in total. The monoisotopic (exact) mass is 345 g/mol. The van der Waals surface area contributed by atoms with Gasteiger partial charge in [-0.3, -0.25) is 0 Å². The number of halogens is 2. The van der Waals surface area contributed by atoms with Gasteiger partial charge in [0.05, 0.1) is 7.11 Å². The van der Waals surface area contributed by atoms with Crippen LogP contribution in [0.15, 0.2) is 34.8 Å². The van der Waals surface area contributed by atoms with Gasteiger partial charge in [0.2, 0.25) is 0 Å². The summed E-state index contributed by atoms with van der Waals surface area (Å²) < 4.78 is 6.89. The molecule has 96 valence electrons. The van der Waals surface area contributed by atoms with E-state index in [0.717, 1.165) is 27.6 Å². The lowest BCUT2D eigenvalue weighted by molar-refractivity contribution is 0.414. The molecule has 0 radical (unpaired) electrons. The topological polar surface area (TPSA) is 21.3 Å². The average Bonchev–Trinajstić information content (AvgIpc) is 2.69. The number of thiophene rings is 1. The predicted octanol–water partition coefficient (Wildman–Crippen LogP) is 4.46. The Hall–Kier alpha value is -0.550. The molecule has 0 aliphatic carbocycles. The molecule has 18 heavy (non-hydrogen) atoms. The summed E-state index contributed by atoms with van der Waals surface area (Å²) in [4.78, 5) is 1.22. The van der Waals surface area contributed by atoms with E-state index in [1.54, 1.807) is 18.4 Å². The lowest BCUT2D eigenvalue weighted by Crippen LogP contribution is -2.11. The van der Waals surface area contributed by atoms with Crippen molar-refractivity contribution in [3.8, 4) is 5.75 Å². The summed E-state index contributed by atoms with van der Waals surface area (Å²) in [5.41, 5.74) is 1.23. The summed E-state index contributed by atoms with van der Waals surface area (Å²) >= 11 is 11.0. The van der Waals surface area contributed by atoms with Crippen molar-refractivity contribution in [3.63, 3.8) is 0 Å². The van der Waals surface area contributed by atoms with E-state index < -0.39 is 0 Å². The van der Waals surface area contributed by atoms with Crippen LogP contribution in [0.3, 0.4) is 0 Å². The van der Waals surface area contributed by atoms with Gasteiger partial charge in [-0.15, -0.1) is 11.3 Å². The highest BCUT2D eigenvalue weighted by atomic mass is 79.9. The second-order valence-electron chi connectivity index (χ2n) is 3.79. The minimum atomic E-state index is 0.802. The molecule has 0 spiro atoms. The van der Waals surface area contributed by atoms with Crippen LogP contribution in [0.2, 0.25) is 4.34 Å². The Bertz CT molecular complexity index is 493. The highest BCUT2D eigenvalue weighted by Gasteiger charge is 2.03. The Morgan fingerprint density at radius 2 is 2.00 bits per heavy atom. The molecule has 0 bridgehead atoms. The van der Waals surface area contributed by atoms with E-state index in [1.165, 1.54) is 10.4 Å². The molecule has 0 unspecified atom stereocenters. The molecule has 1 aromatic heterocycles. The smallest absolute Gasteiger partial charge is 0.118 e. The maximum absolute atomic E-state index is 5.99. The fourth-order valence-electron chi connectivity index (χ4n) is 1.55. The number of hydrogen-bond acceptors (Lipinski definition) is 3. The fourth-order valence-corrected chi connectivity index (χ4v) is 3.31. The van der Waals surface area contributed by atoms with Crippen molar-refractivity contribution in [2.45, 2.75) is 13.1 Å². The van der Waals surface area contributed by atoms with Crippen LogP contribution < -0.4 is 10.1 Å². The first kappa shape index (κ1) is 13.9. The van der Waals surface area contributed by atoms with Gasteiger partial charge in [-0.1, -0.05) is 23.7 Å². The second kappa shape index (κ2) is 6.57. The third-order valence-electron chi connectivity index (χ3n) is 2.48. The molecular formula is C13H13BrClNOS. The molecule has 0 amide bonds. The van der Waals surface area contributed by atoms with Crippen LogP contribution in [-0.4, -0.2) is 7.11 Å². The average molecular weight is 347 g/mol. The van der Waals surface area contributed by atoms with E-state index in [9.17, 15) is 0 Å². The molecule has 0 aliphatic rings. The maximum Gasteiger partial charge on any atom is 0.118 e. The first-order valence-electron chi connectivity index (χ1n) is 5.46. The van der Waals surface area contributed by atoms with E-state index in [0.29, 0.717) is 0 Å². The number of methoxy groups -OCH3 is 1. The zero-order chi connectivity index (χ0) is 13.0. The van der Waals surface area contributed by atoms with Crippen LogP contribution in [0, 0.1) is 0 Å². The van der Waals surface area contributed by atoms with Crippen molar-refractivity contribution in [2.75, 3.05) is 7.11 Å². The second-order valence-corrected chi connectivity index (χ2v) is 6.38. The van der Waals surface area contributed by atoms with Gasteiger partial charge < -0.3 is 10.1 Å². The van der Waals surface area contributed by atoms with E-state index in [-0.39, 0.29) is 0 Å². The highest BCUT2D eigenvalue weighted by molar-refractivity contribution is 9.10. The third-order valence-corrected chi connectivity index (χ3v) is 4.96. The van der Waals surface area contributed by atoms with Gasteiger partial charge in [0.15, 0.2) is 0 Å². The SMILES string of the molecule is COc1ccc(CNCc2cc(Br)c(Cl)s2)cc1. The van der Waals surface area contributed by atoms with Crippen LogP contribution in [0.5, 0.6) is 5.75 Å². The Kier molecular flexibility index (Phi) is 5.06. The normalized spacial score (nSPS) is 10.6. The first-order chi connectivity index (χ1) is 8.69. The van der Waals surface area contributed by atoms with Gasteiger partial charge in [-0.2, -0.15) is 0 Å². The van der Waals surface area contributed by atoms with Crippen molar-refractivity contribution in [3.05, 3.63) is 49.6 Å². The van der Waals surface area contributed by atoms with Crippen molar-refractivity contribution in [1.82, 2.24) is 5.32 Å². The Morgan fingerprint density at radius 1 is 1.28 bits per heavy atom. The van der Waals surface area contributed by atoms with Gasteiger partial charge in [0.25, 0.3) is 0 Å². The number of benzene rings is 1. The largest absolute Gasteiger partial charge is 0.497 e. The molecule has 0 aliphatic heterocycles. The molecule has 0 fully saturated rings. The standard InChI is InChI=1S/C13H13BrClNOS/c1-17-10-4-2-9(3-5-10)7-16-8-11-6-12(14)13(15)18-11/h2-6,16H,7-8H2,1H3. The molecule has 0 saturated heterocycles. The predicted molar refractivity (Wildman–Crippen MR) is 80.6 cm³/mol. The van der Waals surface area contributed by atoms with Gasteiger partial charge in [-0.05, 0) is 39.7 Å². The quantitative estimate of drug-likeness (QED) is 0.863. The summed E-state index contributed by atoms with van der Waals surface area (Å²) in [6.45, 7) is 1.65. The van der Waals surface area contributed by atoms with Gasteiger partial charge in [0, 0.05) is 22.4 Å². The van der Waals surface area contributed by atoms with E-state index in [1.807, 2.05) is 18.2 Å². The van der Waals surface area contributed by atoms with E-state index >= 15 is 0 Å². The number of hydrogen-bond donors (Lipinski definition) is 1. The molecule has 1 aromatic carbocycles. The maximum atomic E-state index is 5.99. The number of rotatable bonds is 5. The third kappa shape index (κ3) is 3.72. The first-order valence-corrected chi connectivity index (χ1v) is 7.45. The van der Waals surface area contributed by atoms with Crippen LogP contribution in [0.1, 0.15) is 10.4 Å². The summed E-state index contributed by atoms with van der Waals surface area (Å²) in [7, 11) is 1.67. The molecule has 5 heteroatoms. The van der Waals surface area contributed by atoms with Crippen molar-refractivity contribution >= 4 is 38.9 Å². The summed E-state index contributed by atoms with van der Waals surface area (Å²) in [5, 5.41) is 3.39. The van der Waals surface area contributed by atoms with Crippen LogP contribution in [0.25, 0.3) is 0 Å². The zero-order valence-corrected chi connectivity index (χ0v) is 13.0. The van der Waals surface area contributed by atoms with E-state index in [2.05, 4.69) is 33.4 Å². The summed E-state index contributed by atoms with van der Waals surface area (Å²) in [6.07, 6.45) is 0. The fraction of sp³-hybridized carbons (Fsp3) is 0.231. The molecule has 1 heterocycles. The van der Waals surface area contributed by atoms with Gasteiger partial charge >= 0.3 is 0 Å². The molecule has 2 aromatic rings. The summed E-state index contributed by atoms with van der Waals surface area (Å²) in [5.74, 6) is 0.882.